The second-order valence-corrected chi connectivity index (χ2v) is 14.9. The zero-order valence-electron chi connectivity index (χ0n) is 24.7. The summed E-state index contributed by atoms with van der Waals surface area (Å²) in [6.45, 7) is 14.2. The molecule has 0 aromatic rings. The van der Waals surface area contributed by atoms with Crippen LogP contribution in [0, 0.1) is 35.0 Å². The highest BCUT2D eigenvalue weighted by molar-refractivity contribution is 6.45. The molecule has 5 saturated carbocycles. The average molecular weight is 534 g/mol. The fraction of sp³-hybridized carbons (Fsp3) is 0.931. The Labute approximate surface area is 228 Å². The van der Waals surface area contributed by atoms with Gasteiger partial charge in [0, 0.05) is 24.4 Å². The smallest absolute Gasteiger partial charge is 0.405 e. The Kier molecular flexibility index (Phi) is 7.04. The summed E-state index contributed by atoms with van der Waals surface area (Å²) < 4.78 is 28.9. The van der Waals surface area contributed by atoms with Crippen molar-refractivity contribution >= 4 is 18.9 Å². The summed E-state index contributed by atoms with van der Waals surface area (Å²) in [6.07, 6.45) is 4.59. The number of carbonyl (C=O) groups is 2. The summed E-state index contributed by atoms with van der Waals surface area (Å²) in [5.41, 5.74) is -1.52. The minimum Gasteiger partial charge on any atom is -0.405 e. The van der Waals surface area contributed by atoms with Crippen LogP contribution in [-0.2, 0) is 18.9 Å². The van der Waals surface area contributed by atoms with E-state index in [4.69, 9.17) is 9.31 Å². The molecule has 6 fully saturated rings. The van der Waals surface area contributed by atoms with Crippen molar-refractivity contribution in [1.29, 1.82) is 0 Å². The van der Waals surface area contributed by atoms with E-state index in [9.17, 15) is 9.59 Å². The minimum absolute atomic E-state index is 0.0415. The van der Waals surface area contributed by atoms with Crippen LogP contribution in [0.15, 0.2) is 0 Å². The molecule has 2 bridgehead atoms. The number of hydrogen-bond acceptors (Lipinski definition) is 5. The molecule has 2 amide bonds. The number of nitrogens with one attached hydrogen (secondary N) is 3. The average Bonchev–Trinajstić information content (AvgIpc) is 3.40. The fourth-order valence-corrected chi connectivity index (χ4v) is 9.33. The standard InChI is InChI=1S/C29H49BFN3O4/c1-16(35)33-29(25(36)34-26(2,3)4)15-17-12-20(32-8)24(31)23(17)19(29)10-9-11-30-37-22-14-18-13-21(27(18,5)6)28(22,7)38-30/h17-24,32H,9-15H2,1-8H3,(H,33,35)(H,34,36)/t17-,18+,19+,20-,21+,22-,23-,24+,28+,29+/m1/s1. The second kappa shape index (κ2) is 9.44. The van der Waals surface area contributed by atoms with Crippen molar-refractivity contribution < 1.29 is 23.3 Å². The Balaban J connectivity index is 1.33. The van der Waals surface area contributed by atoms with Gasteiger partial charge in [-0.2, -0.15) is 0 Å². The van der Waals surface area contributed by atoms with Gasteiger partial charge in [-0.3, -0.25) is 9.59 Å². The first kappa shape index (κ1) is 28.3. The maximum atomic E-state index is 15.8. The lowest BCUT2D eigenvalue weighted by Crippen LogP contribution is -2.65. The molecule has 0 unspecified atom stereocenters. The zero-order chi connectivity index (χ0) is 27.8. The molecular weight excluding hydrogens is 484 g/mol. The first-order valence-electron chi connectivity index (χ1n) is 14.9. The Morgan fingerprint density at radius 1 is 1.13 bits per heavy atom. The fourth-order valence-electron chi connectivity index (χ4n) is 9.33. The molecule has 0 aromatic carbocycles. The Hall–Kier alpha value is -1.19. The first-order valence-corrected chi connectivity index (χ1v) is 14.9. The highest BCUT2D eigenvalue weighted by Gasteiger charge is 2.68. The van der Waals surface area contributed by atoms with Crippen molar-refractivity contribution in [2.75, 3.05) is 7.05 Å². The van der Waals surface area contributed by atoms with Gasteiger partial charge in [-0.05, 0) is 102 Å². The van der Waals surface area contributed by atoms with E-state index >= 15 is 4.39 Å². The van der Waals surface area contributed by atoms with E-state index in [1.165, 1.54) is 13.3 Å². The minimum atomic E-state index is -1.11. The molecule has 6 rings (SSSR count). The van der Waals surface area contributed by atoms with Crippen LogP contribution in [0.25, 0.3) is 0 Å². The third kappa shape index (κ3) is 4.43. The third-order valence-electron chi connectivity index (χ3n) is 11.2. The van der Waals surface area contributed by atoms with Gasteiger partial charge < -0.3 is 25.3 Å². The SMILES string of the molecule is CN[C@@H]1C[C@@H]2C[C@@](NC(C)=O)(C(=O)NC(C)(C)C)[C@@H](CCCB3O[C@@H]4C[C@@H]5C[C@@H](C5(C)C)[C@]4(C)O3)[C@@H]2[C@H]1F. The zero-order valence-corrected chi connectivity index (χ0v) is 24.7. The van der Waals surface area contributed by atoms with Crippen LogP contribution < -0.4 is 16.0 Å². The molecular formula is C29H49BFN3O4. The molecule has 7 nitrogen and oxygen atoms in total. The topological polar surface area (TPSA) is 88.7 Å². The molecule has 0 spiro atoms. The van der Waals surface area contributed by atoms with Gasteiger partial charge >= 0.3 is 7.12 Å². The third-order valence-corrected chi connectivity index (χ3v) is 11.2. The van der Waals surface area contributed by atoms with Gasteiger partial charge in [-0.25, -0.2) is 4.39 Å². The molecule has 0 aromatic heterocycles. The second-order valence-electron chi connectivity index (χ2n) is 14.9. The summed E-state index contributed by atoms with van der Waals surface area (Å²) in [5.74, 6) is 0.243. The molecule has 1 aliphatic heterocycles. The van der Waals surface area contributed by atoms with Crippen LogP contribution >= 0.6 is 0 Å². The van der Waals surface area contributed by atoms with Crippen molar-refractivity contribution in [2.45, 2.75) is 128 Å². The molecule has 3 N–H and O–H groups in total. The first-order chi connectivity index (χ1) is 17.6. The summed E-state index contributed by atoms with van der Waals surface area (Å²) in [5, 5.41) is 9.31. The monoisotopic (exact) mass is 533 g/mol. The lowest BCUT2D eigenvalue weighted by molar-refractivity contribution is -0.199. The molecule has 6 aliphatic rings. The maximum Gasteiger partial charge on any atom is 0.457 e. The van der Waals surface area contributed by atoms with E-state index in [1.54, 1.807) is 7.05 Å². The largest absolute Gasteiger partial charge is 0.457 e. The van der Waals surface area contributed by atoms with Gasteiger partial charge in [0.1, 0.15) is 11.7 Å². The molecule has 10 atom stereocenters. The molecule has 1 heterocycles. The maximum absolute atomic E-state index is 15.8. The van der Waals surface area contributed by atoms with Gasteiger partial charge in [-0.1, -0.05) is 20.3 Å². The van der Waals surface area contributed by atoms with E-state index in [-0.39, 0.29) is 54.4 Å². The number of halogens is 1. The van der Waals surface area contributed by atoms with Gasteiger partial charge in [0.05, 0.1) is 11.7 Å². The number of alkyl halides is 1. The molecule has 5 aliphatic carbocycles. The predicted molar refractivity (Wildman–Crippen MR) is 146 cm³/mol. The van der Waals surface area contributed by atoms with Gasteiger partial charge in [0.2, 0.25) is 11.8 Å². The number of rotatable bonds is 7. The van der Waals surface area contributed by atoms with Crippen LogP contribution in [0.3, 0.4) is 0 Å². The van der Waals surface area contributed by atoms with Crippen molar-refractivity contribution in [1.82, 2.24) is 16.0 Å². The molecule has 214 valence electrons. The van der Waals surface area contributed by atoms with Gasteiger partial charge in [0.15, 0.2) is 0 Å². The van der Waals surface area contributed by atoms with Crippen molar-refractivity contribution in [3.8, 4) is 0 Å². The highest BCUT2D eigenvalue weighted by Crippen LogP contribution is 2.66. The van der Waals surface area contributed by atoms with E-state index < -0.39 is 17.2 Å². The van der Waals surface area contributed by atoms with E-state index in [1.807, 2.05) is 20.8 Å². The van der Waals surface area contributed by atoms with Crippen LogP contribution in [0.4, 0.5) is 4.39 Å². The Bertz CT molecular complexity index is 959. The summed E-state index contributed by atoms with van der Waals surface area (Å²) >= 11 is 0. The van der Waals surface area contributed by atoms with E-state index in [0.717, 1.165) is 12.8 Å². The molecule has 38 heavy (non-hydrogen) atoms. The van der Waals surface area contributed by atoms with E-state index in [0.29, 0.717) is 42.8 Å². The number of amides is 2. The van der Waals surface area contributed by atoms with Crippen molar-refractivity contribution in [3.05, 3.63) is 0 Å². The Morgan fingerprint density at radius 3 is 2.45 bits per heavy atom. The Morgan fingerprint density at radius 2 is 1.84 bits per heavy atom. The summed E-state index contributed by atoms with van der Waals surface area (Å²) in [6, 6.07) is -0.215. The quantitative estimate of drug-likeness (QED) is 0.433. The normalized spacial score (nSPS) is 44.8. The molecule has 9 heteroatoms. The van der Waals surface area contributed by atoms with Crippen LogP contribution in [-0.4, -0.2) is 61.0 Å². The van der Waals surface area contributed by atoms with Crippen LogP contribution in [0.1, 0.15) is 87.0 Å². The predicted octanol–water partition coefficient (Wildman–Crippen LogP) is 3.87. The number of hydrogen-bond donors (Lipinski definition) is 3. The number of carbonyl (C=O) groups excluding carboxylic acids is 2. The molecule has 0 radical (unpaired) electrons. The van der Waals surface area contributed by atoms with E-state index in [2.05, 4.69) is 36.7 Å². The van der Waals surface area contributed by atoms with Crippen molar-refractivity contribution in [2.24, 2.45) is 35.0 Å². The van der Waals surface area contributed by atoms with Crippen molar-refractivity contribution in [3.63, 3.8) is 0 Å². The summed E-state index contributed by atoms with van der Waals surface area (Å²) in [4.78, 5) is 26.3. The van der Waals surface area contributed by atoms with Gasteiger partial charge in [-0.15, -0.1) is 0 Å². The number of fused-ring (bicyclic) bond motifs is 1. The highest BCUT2D eigenvalue weighted by atomic mass is 19.1. The summed E-state index contributed by atoms with van der Waals surface area (Å²) in [7, 11) is 1.53. The lowest BCUT2D eigenvalue weighted by Gasteiger charge is -2.64. The van der Waals surface area contributed by atoms with Crippen LogP contribution in [0.5, 0.6) is 0 Å². The van der Waals surface area contributed by atoms with Gasteiger partial charge in [0.25, 0.3) is 0 Å². The van der Waals surface area contributed by atoms with Crippen LogP contribution in [0.2, 0.25) is 6.32 Å². The molecule has 1 saturated heterocycles. The lowest BCUT2D eigenvalue weighted by atomic mass is 9.43.